The highest BCUT2D eigenvalue weighted by Crippen LogP contribution is 2.23. The molecule has 0 bridgehead atoms. The molecule has 1 aliphatic rings. The van der Waals surface area contributed by atoms with Crippen molar-refractivity contribution in [1.29, 1.82) is 0 Å². The number of hydrogen-bond donors (Lipinski definition) is 0. The highest BCUT2D eigenvalue weighted by atomic mass is 16.2. The maximum absolute atomic E-state index is 13.6. The number of piperidine rings is 1. The van der Waals surface area contributed by atoms with E-state index in [1.54, 1.807) is 0 Å². The van der Waals surface area contributed by atoms with E-state index in [4.69, 9.17) is 0 Å². The fraction of sp³-hybridized carbons (Fsp3) is 0.552. The van der Waals surface area contributed by atoms with Crippen LogP contribution in [0.4, 0.5) is 0 Å². The van der Waals surface area contributed by atoms with E-state index in [-0.39, 0.29) is 5.91 Å². The second kappa shape index (κ2) is 12.8. The molecule has 1 amide bonds. The standard InChI is InChI=1S/C29H42N2O/c1-4-5-7-10-25-13-15-27(16-14-25)29(32)31(23-26-11-8-6-9-12-26)28-18-21-30(22-19-28)20-17-24(2)3/h6,8-9,11-16,24,28H,4-5,7,10,17-23H2,1-3H3. The number of aryl methyl sites for hydroxylation is 1. The Labute approximate surface area is 195 Å². The Morgan fingerprint density at radius 1 is 0.969 bits per heavy atom. The lowest BCUT2D eigenvalue weighted by atomic mass is 9.99. The van der Waals surface area contributed by atoms with E-state index in [1.165, 1.54) is 43.4 Å². The average Bonchev–Trinajstić information content (AvgIpc) is 2.82. The predicted molar refractivity (Wildman–Crippen MR) is 135 cm³/mol. The quantitative estimate of drug-likeness (QED) is 0.373. The zero-order valence-electron chi connectivity index (χ0n) is 20.4. The van der Waals surface area contributed by atoms with Gasteiger partial charge in [-0.1, -0.05) is 76.1 Å². The van der Waals surface area contributed by atoms with Gasteiger partial charge in [0.2, 0.25) is 0 Å². The van der Waals surface area contributed by atoms with Gasteiger partial charge in [0.25, 0.3) is 5.91 Å². The minimum Gasteiger partial charge on any atom is -0.331 e. The van der Waals surface area contributed by atoms with E-state index < -0.39 is 0 Å². The van der Waals surface area contributed by atoms with Crippen LogP contribution in [0.3, 0.4) is 0 Å². The van der Waals surface area contributed by atoms with Gasteiger partial charge >= 0.3 is 0 Å². The van der Waals surface area contributed by atoms with Crippen molar-refractivity contribution in [3.63, 3.8) is 0 Å². The molecule has 1 aliphatic heterocycles. The number of hydrogen-bond acceptors (Lipinski definition) is 2. The van der Waals surface area contributed by atoms with Gasteiger partial charge in [-0.25, -0.2) is 0 Å². The van der Waals surface area contributed by atoms with Gasteiger partial charge in [-0.15, -0.1) is 0 Å². The molecule has 3 rings (SSSR count). The molecule has 0 N–H and O–H groups in total. The van der Waals surface area contributed by atoms with Gasteiger partial charge in [0.15, 0.2) is 0 Å². The molecule has 1 fully saturated rings. The van der Waals surface area contributed by atoms with Gasteiger partial charge < -0.3 is 9.80 Å². The molecule has 32 heavy (non-hydrogen) atoms. The minimum atomic E-state index is 0.176. The molecule has 1 saturated heterocycles. The molecule has 0 aromatic heterocycles. The molecule has 0 spiro atoms. The summed E-state index contributed by atoms with van der Waals surface area (Å²) < 4.78 is 0. The van der Waals surface area contributed by atoms with E-state index in [2.05, 4.69) is 67.0 Å². The Balaban J connectivity index is 1.68. The van der Waals surface area contributed by atoms with Crippen LogP contribution in [0.15, 0.2) is 54.6 Å². The van der Waals surface area contributed by atoms with Crippen LogP contribution >= 0.6 is 0 Å². The third kappa shape index (κ3) is 7.48. The number of carbonyl (C=O) groups excluding carboxylic acids is 1. The molecule has 0 atom stereocenters. The maximum atomic E-state index is 13.6. The summed E-state index contributed by atoms with van der Waals surface area (Å²) in [6, 6.07) is 19.1. The lowest BCUT2D eigenvalue weighted by Crippen LogP contribution is -2.47. The van der Waals surface area contributed by atoms with Crippen molar-refractivity contribution in [2.24, 2.45) is 5.92 Å². The fourth-order valence-corrected chi connectivity index (χ4v) is 4.60. The van der Waals surface area contributed by atoms with Crippen molar-refractivity contribution in [1.82, 2.24) is 9.80 Å². The third-order valence-corrected chi connectivity index (χ3v) is 6.75. The Morgan fingerprint density at radius 2 is 1.66 bits per heavy atom. The van der Waals surface area contributed by atoms with Crippen molar-refractivity contribution in [2.75, 3.05) is 19.6 Å². The molecule has 3 nitrogen and oxygen atoms in total. The van der Waals surface area contributed by atoms with Gasteiger partial charge in [-0.05, 0) is 67.8 Å². The van der Waals surface area contributed by atoms with E-state index >= 15 is 0 Å². The van der Waals surface area contributed by atoms with Gasteiger partial charge in [0.1, 0.15) is 0 Å². The molecule has 174 valence electrons. The highest BCUT2D eigenvalue weighted by Gasteiger charge is 2.28. The van der Waals surface area contributed by atoms with Crippen LogP contribution in [-0.4, -0.2) is 41.4 Å². The zero-order valence-corrected chi connectivity index (χ0v) is 20.4. The van der Waals surface area contributed by atoms with E-state index in [1.807, 2.05) is 18.2 Å². The minimum absolute atomic E-state index is 0.176. The first-order valence-corrected chi connectivity index (χ1v) is 12.7. The second-order valence-corrected chi connectivity index (χ2v) is 9.83. The van der Waals surface area contributed by atoms with Gasteiger partial charge in [-0.2, -0.15) is 0 Å². The number of benzene rings is 2. The second-order valence-electron chi connectivity index (χ2n) is 9.83. The molecule has 1 heterocycles. The Bertz CT molecular complexity index is 792. The molecule has 0 saturated carbocycles. The van der Waals surface area contributed by atoms with Crippen LogP contribution in [0, 0.1) is 5.92 Å². The van der Waals surface area contributed by atoms with Crippen LogP contribution < -0.4 is 0 Å². The van der Waals surface area contributed by atoms with Crippen LogP contribution in [0.5, 0.6) is 0 Å². The molecule has 0 radical (unpaired) electrons. The molecule has 3 heteroatoms. The summed E-state index contributed by atoms with van der Waals surface area (Å²) in [4.78, 5) is 18.3. The molecular weight excluding hydrogens is 392 g/mol. The monoisotopic (exact) mass is 434 g/mol. The zero-order chi connectivity index (χ0) is 22.8. The van der Waals surface area contributed by atoms with Gasteiger partial charge in [-0.3, -0.25) is 4.79 Å². The fourth-order valence-electron chi connectivity index (χ4n) is 4.60. The number of rotatable bonds is 11. The number of nitrogens with zero attached hydrogens (tertiary/aromatic N) is 2. The first-order valence-electron chi connectivity index (χ1n) is 12.7. The van der Waals surface area contributed by atoms with Crippen LogP contribution in [0.25, 0.3) is 0 Å². The maximum Gasteiger partial charge on any atom is 0.254 e. The topological polar surface area (TPSA) is 23.6 Å². The van der Waals surface area contributed by atoms with E-state index in [0.29, 0.717) is 12.6 Å². The van der Waals surface area contributed by atoms with Gasteiger partial charge in [0, 0.05) is 31.2 Å². The smallest absolute Gasteiger partial charge is 0.254 e. The first-order chi connectivity index (χ1) is 15.6. The van der Waals surface area contributed by atoms with Crippen LogP contribution in [0.2, 0.25) is 0 Å². The van der Waals surface area contributed by atoms with Gasteiger partial charge in [0.05, 0.1) is 0 Å². The van der Waals surface area contributed by atoms with Crippen LogP contribution in [0.1, 0.15) is 80.8 Å². The summed E-state index contributed by atoms with van der Waals surface area (Å²) in [7, 11) is 0. The largest absolute Gasteiger partial charge is 0.331 e. The summed E-state index contributed by atoms with van der Waals surface area (Å²) in [5.74, 6) is 0.920. The molecule has 2 aromatic carbocycles. The van der Waals surface area contributed by atoms with Crippen molar-refractivity contribution in [2.45, 2.75) is 78.3 Å². The van der Waals surface area contributed by atoms with Crippen LogP contribution in [-0.2, 0) is 13.0 Å². The normalized spacial score (nSPS) is 15.2. The number of amides is 1. The Kier molecular flexibility index (Phi) is 9.80. The average molecular weight is 435 g/mol. The van der Waals surface area contributed by atoms with Crippen molar-refractivity contribution < 1.29 is 4.79 Å². The third-order valence-electron chi connectivity index (χ3n) is 6.75. The molecular formula is C29H42N2O. The summed E-state index contributed by atoms with van der Waals surface area (Å²) in [6.45, 7) is 10.9. The molecule has 2 aromatic rings. The summed E-state index contributed by atoms with van der Waals surface area (Å²) in [6.07, 6.45) is 8.20. The number of carbonyl (C=O) groups is 1. The summed E-state index contributed by atoms with van der Waals surface area (Å²) >= 11 is 0. The van der Waals surface area contributed by atoms with Crippen molar-refractivity contribution in [3.05, 3.63) is 71.3 Å². The number of unbranched alkanes of at least 4 members (excludes halogenated alkanes) is 2. The summed E-state index contributed by atoms with van der Waals surface area (Å²) in [5, 5.41) is 0. The summed E-state index contributed by atoms with van der Waals surface area (Å²) in [5.41, 5.74) is 3.37. The van der Waals surface area contributed by atoms with E-state index in [0.717, 1.165) is 43.8 Å². The van der Waals surface area contributed by atoms with Crippen molar-refractivity contribution in [3.8, 4) is 0 Å². The van der Waals surface area contributed by atoms with Crippen molar-refractivity contribution >= 4 is 5.91 Å². The highest BCUT2D eigenvalue weighted by molar-refractivity contribution is 5.94. The predicted octanol–water partition coefficient (Wildman–Crippen LogP) is 6.57. The Morgan fingerprint density at radius 3 is 2.28 bits per heavy atom. The SMILES string of the molecule is CCCCCc1ccc(C(=O)N(Cc2ccccc2)C2CCN(CCC(C)C)CC2)cc1. The number of likely N-dealkylation sites (tertiary alicyclic amines) is 1. The lowest BCUT2D eigenvalue weighted by molar-refractivity contribution is 0.0546. The van der Waals surface area contributed by atoms with E-state index in [9.17, 15) is 4.79 Å². The Hall–Kier alpha value is -2.13. The first kappa shape index (κ1) is 24.5. The molecule has 0 aliphatic carbocycles. The lowest BCUT2D eigenvalue weighted by Gasteiger charge is -2.39. The molecule has 0 unspecified atom stereocenters.